The van der Waals surface area contributed by atoms with Gasteiger partial charge in [-0.15, -0.1) is 86.3 Å². The van der Waals surface area contributed by atoms with Crippen molar-refractivity contribution in [3.63, 3.8) is 0 Å². The van der Waals surface area contributed by atoms with Gasteiger partial charge in [-0.1, -0.05) is 72.0 Å². The highest BCUT2D eigenvalue weighted by Crippen LogP contribution is 2.42. The third-order valence-corrected chi connectivity index (χ3v) is 17.9. The van der Waals surface area contributed by atoms with Gasteiger partial charge in [0.05, 0.1) is 28.6 Å². The highest BCUT2D eigenvalue weighted by molar-refractivity contribution is 14.1. The third-order valence-electron chi connectivity index (χ3n) is 9.37. The van der Waals surface area contributed by atoms with Crippen LogP contribution in [0.5, 0.6) is 0 Å². The van der Waals surface area contributed by atoms with Crippen molar-refractivity contribution in [2.45, 2.75) is 113 Å². The van der Waals surface area contributed by atoms with Gasteiger partial charge < -0.3 is 0 Å². The van der Waals surface area contributed by atoms with Gasteiger partial charge in [0.2, 0.25) is 0 Å². The Hall–Kier alpha value is -2.44. The van der Waals surface area contributed by atoms with Crippen molar-refractivity contribution in [1.29, 1.82) is 0 Å². The quantitative estimate of drug-likeness (QED) is 0.0946. The maximum absolute atomic E-state index is 4.72. The van der Waals surface area contributed by atoms with Crippen LogP contribution in [0.25, 0.3) is 56.2 Å². The predicted molar refractivity (Wildman–Crippen MR) is 304 cm³/mol. The van der Waals surface area contributed by atoms with E-state index in [2.05, 4.69) is 197 Å². The minimum Gasteiger partial charge on any atom is -0.142 e. The summed E-state index contributed by atoms with van der Waals surface area (Å²) in [5, 5.41) is 19.1. The topological polar surface area (TPSA) is 0 Å². The standard InChI is InChI=1S/C16H18S2.C16H16S2.C8H4I2S2.C8H14.C5H4/c2*1-3-5-11-12(6-4-2)14-8-10-18-16(14)15-13(11)7-9-17-15;9-5-1-3-11-7(5)8-6(10)2-4-12-8;1-3-5-7-8-6-4-2;1-3-5-4-2/h7-10H,3-6H2,1-2H3;3,5,7-10H,4,6H2,1-2H3;1-4H;3-6H2,1-2H3;1H,2H3/b;5-3+;;;. The first kappa shape index (κ1) is 51.2. The lowest BCUT2D eigenvalue weighted by molar-refractivity contribution is 0.875. The lowest BCUT2D eigenvalue weighted by Crippen LogP contribution is -1.95. The van der Waals surface area contributed by atoms with E-state index in [4.69, 9.17) is 6.42 Å². The second-order valence-electron chi connectivity index (χ2n) is 13.8. The summed E-state index contributed by atoms with van der Waals surface area (Å²) < 4.78 is 8.65. The van der Waals surface area contributed by atoms with Gasteiger partial charge in [0.25, 0.3) is 0 Å². The lowest BCUT2D eigenvalue weighted by Gasteiger charge is -2.12. The number of halogens is 2. The van der Waals surface area contributed by atoms with E-state index in [1.807, 2.05) is 68.0 Å². The summed E-state index contributed by atoms with van der Waals surface area (Å²) in [7, 11) is 0. The molecule has 0 aliphatic carbocycles. The van der Waals surface area contributed by atoms with Crippen molar-refractivity contribution in [3.8, 4) is 45.8 Å². The average Bonchev–Trinajstić information content (AvgIpc) is 4.12. The Morgan fingerprint density at radius 3 is 1.23 bits per heavy atom. The summed E-state index contributed by atoms with van der Waals surface area (Å²) in [5.74, 6) is 13.2. The zero-order valence-electron chi connectivity index (χ0n) is 36.4. The van der Waals surface area contributed by atoms with E-state index in [0.29, 0.717) is 0 Å². The van der Waals surface area contributed by atoms with Crippen LogP contribution in [0.3, 0.4) is 0 Å². The van der Waals surface area contributed by atoms with Gasteiger partial charge in [0.1, 0.15) is 0 Å². The van der Waals surface area contributed by atoms with Crippen LogP contribution in [-0.4, -0.2) is 0 Å². The van der Waals surface area contributed by atoms with E-state index in [-0.39, 0.29) is 0 Å². The summed E-state index contributed by atoms with van der Waals surface area (Å²) in [4.78, 5) is 2.82. The zero-order chi connectivity index (χ0) is 44.0. The molecular weight excluding hydrogens is 1080 g/mol. The Morgan fingerprint density at radius 1 is 0.525 bits per heavy atom. The minimum atomic E-state index is 1.07. The number of aryl methyl sites for hydroxylation is 3. The van der Waals surface area contributed by atoms with Gasteiger partial charge in [0.15, 0.2) is 0 Å². The fourth-order valence-electron chi connectivity index (χ4n) is 6.86. The van der Waals surface area contributed by atoms with Crippen molar-refractivity contribution in [3.05, 3.63) is 104 Å². The van der Waals surface area contributed by atoms with Gasteiger partial charge in [-0.05, 0) is 210 Å². The number of benzene rings is 2. The lowest BCUT2D eigenvalue weighted by atomic mass is 9.93. The summed E-state index contributed by atoms with van der Waals surface area (Å²) in [6.07, 6.45) is 20.9. The molecule has 0 nitrogen and oxygen atoms in total. The second-order valence-corrected chi connectivity index (χ2v) is 21.6. The molecule has 6 heterocycles. The first-order chi connectivity index (χ1) is 29.8. The van der Waals surface area contributed by atoms with E-state index in [1.54, 1.807) is 18.1 Å². The molecule has 8 aromatic rings. The first-order valence-electron chi connectivity index (χ1n) is 21.0. The fraction of sp³-hybridized carbons (Fsp3) is 0.321. The average molecular weight is 1140 g/mol. The maximum Gasteiger partial charge on any atom is 0.0586 e. The van der Waals surface area contributed by atoms with Crippen LogP contribution in [0.15, 0.2) is 74.8 Å². The van der Waals surface area contributed by atoms with Crippen molar-refractivity contribution in [2.24, 2.45) is 0 Å². The molecule has 8 rings (SSSR count). The molecule has 0 saturated carbocycles. The smallest absolute Gasteiger partial charge is 0.0586 e. The molecule has 0 aliphatic heterocycles. The van der Waals surface area contributed by atoms with Crippen LogP contribution in [0.2, 0.25) is 0 Å². The molecule has 0 atom stereocenters. The largest absolute Gasteiger partial charge is 0.142 e. The fourth-order valence-corrected chi connectivity index (χ4v) is 15.2. The van der Waals surface area contributed by atoms with Crippen LogP contribution in [0.4, 0.5) is 0 Å². The number of rotatable bonds is 10. The number of unbranched alkanes of at least 4 members (excludes halogenated alkanes) is 2. The summed E-state index contributed by atoms with van der Waals surface area (Å²) in [6, 6.07) is 13.5. The van der Waals surface area contributed by atoms with Gasteiger partial charge in [-0.3, -0.25) is 0 Å². The van der Waals surface area contributed by atoms with Gasteiger partial charge in [-0.2, -0.15) is 0 Å². The number of hydrogen-bond donors (Lipinski definition) is 0. The second kappa shape index (κ2) is 28.4. The predicted octanol–water partition coefficient (Wildman–Crippen LogP) is 20.0. The highest BCUT2D eigenvalue weighted by Gasteiger charge is 2.16. The van der Waals surface area contributed by atoms with E-state index < -0.39 is 0 Å². The first-order valence-corrected chi connectivity index (χ1v) is 28.5. The number of thiophene rings is 6. The Morgan fingerprint density at radius 2 is 0.902 bits per heavy atom. The van der Waals surface area contributed by atoms with E-state index in [1.165, 1.54) is 120 Å². The van der Waals surface area contributed by atoms with Gasteiger partial charge in [0, 0.05) is 25.4 Å². The maximum atomic E-state index is 4.72. The molecule has 0 N–H and O–H groups in total. The van der Waals surface area contributed by atoms with Crippen molar-refractivity contribution in [1.82, 2.24) is 0 Å². The molecule has 0 aliphatic rings. The molecule has 0 spiro atoms. The molecule has 318 valence electrons. The van der Waals surface area contributed by atoms with Crippen LogP contribution in [0, 0.1) is 43.2 Å². The monoisotopic (exact) mass is 1140 g/mol. The van der Waals surface area contributed by atoms with Gasteiger partial charge in [-0.25, -0.2) is 0 Å². The zero-order valence-corrected chi connectivity index (χ0v) is 45.7. The molecular formula is C53H56I2S6. The van der Waals surface area contributed by atoms with E-state index in [9.17, 15) is 0 Å². The SMILES string of the molecule is C#CC#CC.C/C=C/c1c(CCC)c2ccsc2c2sccc12.CCCC#CCCC.CCCc1c(CCC)c2ccsc2c2sccc12.Ic1ccsc1-c1sccc1I. The van der Waals surface area contributed by atoms with Crippen molar-refractivity contribution in [2.75, 3.05) is 0 Å². The number of hydrogen-bond acceptors (Lipinski definition) is 6. The normalized spacial score (nSPS) is 10.4. The Labute approximate surface area is 417 Å². The number of terminal acetylenes is 1. The Bertz CT molecular complexity index is 2640. The molecule has 0 unspecified atom stereocenters. The van der Waals surface area contributed by atoms with E-state index >= 15 is 0 Å². The van der Waals surface area contributed by atoms with Crippen LogP contribution >= 0.6 is 113 Å². The molecule has 8 heteroatoms. The van der Waals surface area contributed by atoms with Crippen LogP contribution < -0.4 is 0 Å². The summed E-state index contributed by atoms with van der Waals surface area (Å²) >= 11 is 15.9. The number of fused-ring (bicyclic) bond motifs is 6. The molecule has 6 aromatic heterocycles. The molecule has 2 aromatic carbocycles. The highest BCUT2D eigenvalue weighted by atomic mass is 127. The Kier molecular flexibility index (Phi) is 23.8. The molecule has 0 saturated heterocycles. The summed E-state index contributed by atoms with van der Waals surface area (Å²) in [6.45, 7) is 14.9. The van der Waals surface area contributed by atoms with Crippen molar-refractivity contribution >= 4 is 160 Å². The molecule has 0 amide bonds. The van der Waals surface area contributed by atoms with Crippen molar-refractivity contribution < 1.29 is 0 Å². The molecule has 0 bridgehead atoms. The third kappa shape index (κ3) is 14.0. The minimum absolute atomic E-state index is 1.07. The van der Waals surface area contributed by atoms with Crippen LogP contribution in [-0.2, 0) is 19.3 Å². The molecule has 0 radical (unpaired) electrons. The Balaban J connectivity index is 0.000000179. The molecule has 61 heavy (non-hydrogen) atoms. The molecule has 0 fully saturated rings. The van der Waals surface area contributed by atoms with E-state index in [0.717, 1.165) is 12.8 Å². The number of allylic oxidation sites excluding steroid dienone is 1. The summed E-state index contributed by atoms with van der Waals surface area (Å²) in [5.41, 5.74) is 6.18. The van der Waals surface area contributed by atoms with Gasteiger partial charge >= 0.3 is 0 Å². The van der Waals surface area contributed by atoms with Crippen LogP contribution in [0.1, 0.15) is 116 Å².